The van der Waals surface area contributed by atoms with E-state index in [9.17, 15) is 5.11 Å². The van der Waals surface area contributed by atoms with Gasteiger partial charge < -0.3 is 14.6 Å². The van der Waals surface area contributed by atoms with Gasteiger partial charge in [-0.05, 0) is 84.5 Å². The molecule has 29 heavy (non-hydrogen) atoms. The fourth-order valence-electron chi connectivity index (χ4n) is 4.12. The Labute approximate surface area is 181 Å². The first-order valence-corrected chi connectivity index (χ1v) is 12.3. The summed E-state index contributed by atoms with van der Waals surface area (Å²) in [5.41, 5.74) is 1.39. The Morgan fingerprint density at radius 2 is 1.66 bits per heavy atom. The third kappa shape index (κ3) is 13.5. The fourth-order valence-corrected chi connectivity index (χ4v) is 4.12. The summed E-state index contributed by atoms with van der Waals surface area (Å²) in [6, 6.07) is 0. The highest BCUT2D eigenvalue weighted by Crippen LogP contribution is 2.24. The number of rotatable bonds is 15. The molecule has 3 nitrogen and oxygen atoms in total. The molecule has 1 saturated carbocycles. The average Bonchev–Trinajstić information content (AvgIpc) is 2.62. The highest BCUT2D eigenvalue weighted by Gasteiger charge is 2.23. The van der Waals surface area contributed by atoms with Crippen LogP contribution in [-0.2, 0) is 9.47 Å². The quantitative estimate of drug-likeness (QED) is 0.293. The highest BCUT2D eigenvalue weighted by atomic mass is 16.5. The summed E-state index contributed by atoms with van der Waals surface area (Å²) in [7, 11) is 0. The monoisotopic (exact) mass is 410 g/mol. The fraction of sp³-hybridized carbons (Fsp3) is 0.923. The van der Waals surface area contributed by atoms with E-state index in [1.807, 2.05) is 0 Å². The van der Waals surface area contributed by atoms with Crippen LogP contribution in [0.1, 0.15) is 112 Å². The lowest BCUT2D eigenvalue weighted by atomic mass is 9.94. The Hall–Kier alpha value is -0.380. The molecule has 3 heteroatoms. The molecule has 0 saturated heterocycles. The van der Waals surface area contributed by atoms with Crippen molar-refractivity contribution in [3.05, 3.63) is 11.6 Å². The molecule has 0 aromatic heterocycles. The minimum absolute atomic E-state index is 0.0257. The van der Waals surface area contributed by atoms with Crippen LogP contribution in [0, 0.1) is 11.8 Å². The van der Waals surface area contributed by atoms with Crippen molar-refractivity contribution in [1.29, 1.82) is 0 Å². The zero-order chi connectivity index (χ0) is 21.7. The lowest BCUT2D eigenvalue weighted by Crippen LogP contribution is -2.32. The maximum absolute atomic E-state index is 9.99. The Bertz CT molecular complexity index is 439. The second-order valence-electron chi connectivity index (χ2n) is 10.4. The van der Waals surface area contributed by atoms with Crippen molar-refractivity contribution >= 4 is 0 Å². The standard InChI is InChI=1S/C26H50O3/c1-21(2)11-9-12-22(3)17-20-29-26(5,6)18-10-13-23(4)16-19-28-25-15-8-7-14-24(25)27/h11,22-25,27H,7-10,12-20H2,1-6H3. The van der Waals surface area contributed by atoms with E-state index < -0.39 is 0 Å². The number of aliphatic hydroxyl groups is 1. The summed E-state index contributed by atoms with van der Waals surface area (Å²) in [4.78, 5) is 0. The van der Waals surface area contributed by atoms with Gasteiger partial charge in [0.15, 0.2) is 0 Å². The number of hydrogen-bond acceptors (Lipinski definition) is 3. The first kappa shape index (κ1) is 26.7. The topological polar surface area (TPSA) is 38.7 Å². The molecule has 1 aliphatic rings. The first-order valence-electron chi connectivity index (χ1n) is 12.3. The summed E-state index contributed by atoms with van der Waals surface area (Å²) >= 11 is 0. The third-order valence-electron chi connectivity index (χ3n) is 6.40. The van der Waals surface area contributed by atoms with Gasteiger partial charge in [-0.2, -0.15) is 0 Å². The number of allylic oxidation sites excluding steroid dienone is 2. The Kier molecular flexibility index (Phi) is 13.4. The van der Waals surface area contributed by atoms with Gasteiger partial charge in [0.2, 0.25) is 0 Å². The van der Waals surface area contributed by atoms with Crippen LogP contribution in [0.3, 0.4) is 0 Å². The Morgan fingerprint density at radius 1 is 1.00 bits per heavy atom. The second kappa shape index (κ2) is 14.6. The van der Waals surface area contributed by atoms with Crippen molar-refractivity contribution in [3.63, 3.8) is 0 Å². The predicted molar refractivity (Wildman–Crippen MR) is 124 cm³/mol. The predicted octanol–water partition coefficient (Wildman–Crippen LogP) is 7.07. The van der Waals surface area contributed by atoms with Crippen LogP contribution >= 0.6 is 0 Å². The molecule has 1 aliphatic carbocycles. The number of aliphatic hydroxyl groups excluding tert-OH is 1. The molecule has 172 valence electrons. The molecule has 0 spiro atoms. The van der Waals surface area contributed by atoms with E-state index in [1.54, 1.807) is 0 Å². The maximum Gasteiger partial charge on any atom is 0.0833 e. The van der Waals surface area contributed by atoms with Crippen molar-refractivity contribution in [3.8, 4) is 0 Å². The largest absolute Gasteiger partial charge is 0.390 e. The lowest BCUT2D eigenvalue weighted by molar-refractivity contribution is -0.0618. The first-order chi connectivity index (χ1) is 13.7. The van der Waals surface area contributed by atoms with Crippen LogP contribution in [0.4, 0.5) is 0 Å². The zero-order valence-electron chi connectivity index (χ0n) is 20.3. The van der Waals surface area contributed by atoms with E-state index in [2.05, 4.69) is 47.6 Å². The van der Waals surface area contributed by atoms with Crippen molar-refractivity contribution in [2.45, 2.75) is 130 Å². The van der Waals surface area contributed by atoms with Gasteiger partial charge in [0, 0.05) is 13.2 Å². The van der Waals surface area contributed by atoms with E-state index in [1.165, 1.54) is 37.7 Å². The van der Waals surface area contributed by atoms with Gasteiger partial charge in [0.1, 0.15) is 0 Å². The molecule has 4 unspecified atom stereocenters. The van der Waals surface area contributed by atoms with Gasteiger partial charge >= 0.3 is 0 Å². The van der Waals surface area contributed by atoms with E-state index in [-0.39, 0.29) is 17.8 Å². The third-order valence-corrected chi connectivity index (χ3v) is 6.40. The second-order valence-corrected chi connectivity index (χ2v) is 10.4. The van der Waals surface area contributed by atoms with Crippen LogP contribution < -0.4 is 0 Å². The van der Waals surface area contributed by atoms with Gasteiger partial charge in [0.05, 0.1) is 17.8 Å². The van der Waals surface area contributed by atoms with E-state index >= 15 is 0 Å². The minimum Gasteiger partial charge on any atom is -0.390 e. The van der Waals surface area contributed by atoms with Gasteiger partial charge in [-0.1, -0.05) is 51.2 Å². The Balaban J connectivity index is 2.08. The molecule has 1 fully saturated rings. The summed E-state index contributed by atoms with van der Waals surface area (Å²) in [6.07, 6.45) is 14.7. The average molecular weight is 411 g/mol. The normalized spacial score (nSPS) is 22.3. The SMILES string of the molecule is CC(C)=CCCC(C)CCOC(C)(C)CCCC(C)CCOC1CCCCC1O. The van der Waals surface area contributed by atoms with Gasteiger partial charge in [-0.3, -0.25) is 0 Å². The zero-order valence-corrected chi connectivity index (χ0v) is 20.3. The maximum atomic E-state index is 9.99. The minimum atomic E-state index is -0.244. The molecule has 0 aromatic rings. The highest BCUT2D eigenvalue weighted by molar-refractivity contribution is 4.92. The van der Waals surface area contributed by atoms with E-state index in [0.717, 1.165) is 57.7 Å². The summed E-state index contributed by atoms with van der Waals surface area (Å²) < 4.78 is 12.2. The molecular weight excluding hydrogens is 360 g/mol. The Morgan fingerprint density at radius 3 is 2.34 bits per heavy atom. The molecule has 1 N–H and O–H groups in total. The van der Waals surface area contributed by atoms with Crippen molar-refractivity contribution in [2.24, 2.45) is 11.8 Å². The molecule has 0 aliphatic heterocycles. The van der Waals surface area contributed by atoms with Crippen molar-refractivity contribution in [2.75, 3.05) is 13.2 Å². The van der Waals surface area contributed by atoms with Crippen molar-refractivity contribution in [1.82, 2.24) is 0 Å². The number of hydrogen-bond donors (Lipinski definition) is 1. The molecule has 0 amide bonds. The summed E-state index contributed by atoms with van der Waals surface area (Å²) in [6.45, 7) is 15.1. The molecule has 0 heterocycles. The van der Waals surface area contributed by atoms with Crippen molar-refractivity contribution < 1.29 is 14.6 Å². The molecule has 4 atom stereocenters. The molecule has 1 rings (SSSR count). The van der Waals surface area contributed by atoms with Gasteiger partial charge in [-0.15, -0.1) is 0 Å². The van der Waals surface area contributed by atoms with Crippen LogP contribution in [0.15, 0.2) is 11.6 Å². The van der Waals surface area contributed by atoms with Crippen LogP contribution in [0.5, 0.6) is 0 Å². The summed E-state index contributed by atoms with van der Waals surface area (Å²) in [5.74, 6) is 1.39. The molecule has 0 aromatic carbocycles. The molecular formula is C26H50O3. The number of ether oxygens (including phenoxy) is 2. The van der Waals surface area contributed by atoms with Gasteiger partial charge in [0.25, 0.3) is 0 Å². The van der Waals surface area contributed by atoms with Crippen LogP contribution in [0.2, 0.25) is 0 Å². The van der Waals surface area contributed by atoms with E-state index in [0.29, 0.717) is 5.92 Å². The smallest absolute Gasteiger partial charge is 0.0833 e. The molecule has 0 bridgehead atoms. The van der Waals surface area contributed by atoms with E-state index in [4.69, 9.17) is 9.47 Å². The molecule has 0 radical (unpaired) electrons. The van der Waals surface area contributed by atoms with Crippen LogP contribution in [-0.4, -0.2) is 36.1 Å². The van der Waals surface area contributed by atoms with Crippen LogP contribution in [0.25, 0.3) is 0 Å². The van der Waals surface area contributed by atoms with Gasteiger partial charge in [-0.25, -0.2) is 0 Å². The summed E-state index contributed by atoms with van der Waals surface area (Å²) in [5, 5.41) is 9.99. The lowest BCUT2D eigenvalue weighted by Gasteiger charge is -2.28.